The Morgan fingerprint density at radius 1 is 0.583 bits per heavy atom. The van der Waals surface area contributed by atoms with Crippen LogP contribution < -0.4 is 30.4 Å². The molecular weight excluding hydrogens is 462 g/mol. The Balaban J connectivity index is 2.97. The number of rotatable bonds is 14. The van der Waals surface area contributed by atoms with Gasteiger partial charge < -0.3 is 35.5 Å². The van der Waals surface area contributed by atoms with Gasteiger partial charge in [-0.1, -0.05) is 55.4 Å². The van der Waals surface area contributed by atoms with Gasteiger partial charge in [0, 0.05) is 5.56 Å². The number of aliphatic hydroxyl groups excluding tert-OH is 1. The summed E-state index contributed by atoms with van der Waals surface area (Å²) in [4.78, 5) is 12.5. The van der Waals surface area contributed by atoms with Crippen LogP contribution in [0.4, 0.5) is 11.9 Å². The first-order valence-electron chi connectivity index (χ1n) is 12.6. The molecule has 0 unspecified atom stereocenters. The van der Waals surface area contributed by atoms with Gasteiger partial charge in [0.25, 0.3) is 0 Å². The van der Waals surface area contributed by atoms with Gasteiger partial charge in [0.05, 0.1) is 38.6 Å². The van der Waals surface area contributed by atoms with Crippen molar-refractivity contribution in [1.29, 1.82) is 0 Å². The van der Waals surface area contributed by atoms with Crippen LogP contribution in [0.1, 0.15) is 61.0 Å². The summed E-state index contributed by atoms with van der Waals surface area (Å²) in [5, 5.41) is 10.6. The fourth-order valence-corrected chi connectivity index (χ4v) is 3.17. The van der Waals surface area contributed by atoms with Crippen LogP contribution in [0.2, 0.25) is 0 Å². The van der Waals surface area contributed by atoms with E-state index in [0.717, 1.165) is 0 Å². The van der Waals surface area contributed by atoms with Crippen molar-refractivity contribution in [3.63, 3.8) is 0 Å². The highest BCUT2D eigenvalue weighted by atomic mass is 16.6. The smallest absolute Gasteiger partial charge is 0.225 e. The monoisotopic (exact) mass is 505 g/mol. The zero-order valence-corrected chi connectivity index (χ0v) is 22.9. The van der Waals surface area contributed by atoms with Gasteiger partial charge in [-0.15, -0.1) is 0 Å². The molecule has 0 saturated carbocycles. The maximum atomic E-state index is 10.6. The van der Waals surface area contributed by atoms with E-state index in [1.54, 1.807) is 0 Å². The summed E-state index contributed by atoms with van der Waals surface area (Å²) in [6, 6.07) is 0. The van der Waals surface area contributed by atoms with Gasteiger partial charge >= 0.3 is 0 Å². The summed E-state index contributed by atoms with van der Waals surface area (Å²) < 4.78 is 25.2. The molecule has 1 aromatic carbocycles. The second-order valence-corrected chi connectivity index (χ2v) is 10.5. The van der Waals surface area contributed by atoms with Crippen LogP contribution in [0, 0.1) is 23.7 Å². The van der Waals surface area contributed by atoms with Gasteiger partial charge in [-0.25, -0.2) is 0 Å². The van der Waals surface area contributed by atoms with Crippen LogP contribution in [-0.2, 0) is 6.61 Å². The predicted octanol–water partition coefficient (Wildman–Crippen LogP) is 4.33. The van der Waals surface area contributed by atoms with E-state index in [4.69, 9.17) is 30.4 Å². The molecule has 0 aliphatic carbocycles. The molecule has 1 aromatic heterocycles. The molecule has 0 fully saturated rings. The van der Waals surface area contributed by atoms with Crippen molar-refractivity contribution in [2.24, 2.45) is 23.7 Å². The standard InChI is InChI=1S/C26H43N5O5/c1-14(2)10-33-20-18(9-32)19(24-29-25(27)31-26(28)30-24)21(34-11-15(3)4)23(36-13-17(7)8)22(20)35-12-16(5)6/h14-17,32H,9-13H2,1-8H3,(H4,27,28,29,30,31). The summed E-state index contributed by atoms with van der Waals surface area (Å²) in [5.74, 6) is 2.39. The lowest BCUT2D eigenvalue weighted by Gasteiger charge is -2.26. The van der Waals surface area contributed by atoms with Gasteiger partial charge in [-0.3, -0.25) is 0 Å². The molecule has 0 amide bonds. The SMILES string of the molecule is CC(C)COc1c(CO)c(-c2nc(N)nc(N)n2)c(OCC(C)C)c(OCC(C)C)c1OCC(C)C. The number of nitrogens with zero attached hydrogens (tertiary/aromatic N) is 3. The maximum Gasteiger partial charge on any atom is 0.225 e. The van der Waals surface area contributed by atoms with Crippen molar-refractivity contribution in [3.8, 4) is 34.4 Å². The second kappa shape index (κ2) is 13.3. The van der Waals surface area contributed by atoms with Crippen molar-refractivity contribution >= 4 is 11.9 Å². The summed E-state index contributed by atoms with van der Waals surface area (Å²) >= 11 is 0. The minimum Gasteiger partial charge on any atom is -0.489 e. The Morgan fingerprint density at radius 2 is 0.944 bits per heavy atom. The third kappa shape index (κ3) is 8.01. The Hall–Kier alpha value is -3.01. The molecule has 202 valence electrons. The average Bonchev–Trinajstić information content (AvgIpc) is 2.77. The van der Waals surface area contributed by atoms with Crippen molar-refractivity contribution in [3.05, 3.63) is 5.56 Å². The van der Waals surface area contributed by atoms with Crippen molar-refractivity contribution in [2.75, 3.05) is 37.9 Å². The van der Waals surface area contributed by atoms with Crippen LogP contribution in [0.5, 0.6) is 23.0 Å². The van der Waals surface area contributed by atoms with Crippen molar-refractivity contribution in [1.82, 2.24) is 15.0 Å². The van der Waals surface area contributed by atoms with Crippen LogP contribution in [0.15, 0.2) is 0 Å². The van der Waals surface area contributed by atoms with Crippen molar-refractivity contribution in [2.45, 2.75) is 62.0 Å². The van der Waals surface area contributed by atoms with E-state index < -0.39 is 6.61 Å². The summed E-state index contributed by atoms with van der Waals surface area (Å²) in [6.45, 7) is 17.6. The molecule has 10 nitrogen and oxygen atoms in total. The van der Waals surface area contributed by atoms with Gasteiger partial charge in [0.1, 0.15) is 0 Å². The largest absolute Gasteiger partial charge is 0.489 e. The average molecular weight is 506 g/mol. The van der Waals surface area contributed by atoms with Crippen molar-refractivity contribution < 1.29 is 24.1 Å². The van der Waals surface area contributed by atoms with Gasteiger partial charge in [-0.2, -0.15) is 15.0 Å². The lowest BCUT2D eigenvalue weighted by Crippen LogP contribution is -2.17. The minimum absolute atomic E-state index is 0.0503. The van der Waals surface area contributed by atoms with Crippen LogP contribution >= 0.6 is 0 Å². The Labute approximate surface area is 214 Å². The molecule has 0 aliphatic heterocycles. The number of nitrogen functional groups attached to an aromatic ring is 2. The summed E-state index contributed by atoms with van der Waals surface area (Å²) in [5.41, 5.74) is 12.6. The normalized spacial score (nSPS) is 11.6. The Morgan fingerprint density at radius 3 is 1.33 bits per heavy atom. The topological polar surface area (TPSA) is 148 Å². The first kappa shape index (κ1) is 29.2. The number of ether oxygens (including phenoxy) is 4. The fraction of sp³-hybridized carbons (Fsp3) is 0.654. The number of nitrogens with two attached hydrogens (primary N) is 2. The third-order valence-corrected chi connectivity index (χ3v) is 4.72. The van der Waals surface area contributed by atoms with Gasteiger partial charge in [0.15, 0.2) is 17.3 Å². The molecule has 0 radical (unpaired) electrons. The van der Waals surface area contributed by atoms with Gasteiger partial charge in [0.2, 0.25) is 23.4 Å². The van der Waals surface area contributed by atoms with E-state index in [1.165, 1.54) is 0 Å². The van der Waals surface area contributed by atoms with Crippen LogP contribution in [0.25, 0.3) is 11.4 Å². The van der Waals surface area contributed by atoms with Gasteiger partial charge in [-0.05, 0) is 23.7 Å². The highest BCUT2D eigenvalue weighted by Crippen LogP contribution is 2.53. The van der Waals surface area contributed by atoms with E-state index in [0.29, 0.717) is 60.6 Å². The molecule has 0 spiro atoms. The molecule has 10 heteroatoms. The predicted molar refractivity (Wildman–Crippen MR) is 141 cm³/mol. The lowest BCUT2D eigenvalue weighted by molar-refractivity contribution is 0.188. The second-order valence-electron chi connectivity index (χ2n) is 10.5. The molecule has 36 heavy (non-hydrogen) atoms. The number of aromatic nitrogens is 3. The summed E-state index contributed by atoms with van der Waals surface area (Å²) in [7, 11) is 0. The Kier molecular flexibility index (Phi) is 10.8. The lowest BCUT2D eigenvalue weighted by atomic mass is 10.0. The maximum absolute atomic E-state index is 10.6. The van der Waals surface area contributed by atoms with E-state index in [1.807, 2.05) is 27.7 Å². The summed E-state index contributed by atoms with van der Waals surface area (Å²) in [6.07, 6.45) is 0. The highest BCUT2D eigenvalue weighted by molar-refractivity contribution is 5.81. The number of anilines is 2. The van der Waals surface area contributed by atoms with E-state index in [9.17, 15) is 5.11 Å². The number of hydrogen-bond acceptors (Lipinski definition) is 10. The minimum atomic E-state index is -0.394. The molecule has 0 saturated heterocycles. The highest BCUT2D eigenvalue weighted by Gasteiger charge is 2.32. The molecular formula is C26H43N5O5. The van der Waals surface area contributed by atoms with E-state index in [-0.39, 0.29) is 41.4 Å². The van der Waals surface area contributed by atoms with E-state index >= 15 is 0 Å². The number of benzene rings is 1. The molecule has 5 N–H and O–H groups in total. The molecule has 0 atom stereocenters. The Bertz CT molecular complexity index is 975. The first-order valence-corrected chi connectivity index (χ1v) is 12.6. The molecule has 2 aromatic rings. The van der Waals surface area contributed by atoms with Crippen LogP contribution in [0.3, 0.4) is 0 Å². The number of hydrogen-bond donors (Lipinski definition) is 3. The van der Waals surface area contributed by atoms with E-state index in [2.05, 4.69) is 42.6 Å². The molecule has 0 bridgehead atoms. The quantitative estimate of drug-likeness (QED) is 0.339. The van der Waals surface area contributed by atoms with Crippen LogP contribution in [-0.4, -0.2) is 46.5 Å². The molecule has 2 rings (SSSR count). The molecule has 1 heterocycles. The first-order chi connectivity index (χ1) is 16.9. The number of aliphatic hydroxyl groups is 1. The molecule has 0 aliphatic rings. The third-order valence-electron chi connectivity index (χ3n) is 4.72. The zero-order chi connectivity index (χ0) is 27.0. The zero-order valence-electron chi connectivity index (χ0n) is 22.9. The fourth-order valence-electron chi connectivity index (χ4n) is 3.17.